The summed E-state index contributed by atoms with van der Waals surface area (Å²) in [6.45, 7) is 1.97. The third-order valence-electron chi connectivity index (χ3n) is 2.60. The van der Waals surface area contributed by atoms with E-state index < -0.39 is 0 Å². The van der Waals surface area contributed by atoms with Crippen LogP contribution in [0.2, 0.25) is 0 Å². The summed E-state index contributed by atoms with van der Waals surface area (Å²) in [5.41, 5.74) is 1.86. The second-order valence-electron chi connectivity index (χ2n) is 4.02. The fraction of sp³-hybridized carbons (Fsp3) is 0.333. The summed E-state index contributed by atoms with van der Waals surface area (Å²) < 4.78 is 0. The molecule has 0 aromatic heterocycles. The fourth-order valence-corrected chi connectivity index (χ4v) is 1.76. The van der Waals surface area contributed by atoms with Crippen molar-refractivity contribution in [3.8, 4) is 0 Å². The van der Waals surface area contributed by atoms with Crippen molar-refractivity contribution in [2.45, 2.75) is 25.8 Å². The van der Waals surface area contributed by atoms with Gasteiger partial charge in [-0.25, -0.2) is 0 Å². The molecule has 0 unspecified atom stereocenters. The van der Waals surface area contributed by atoms with Gasteiger partial charge in [0.25, 0.3) is 0 Å². The maximum Gasteiger partial charge on any atom is 0.246 e. The Labute approximate surface area is 94.0 Å². The van der Waals surface area contributed by atoms with Gasteiger partial charge < -0.3 is 10.6 Å². The number of hydrogen-bond acceptors (Lipinski definition) is 2. The van der Waals surface area contributed by atoms with Gasteiger partial charge in [0.1, 0.15) is 6.04 Å². The van der Waals surface area contributed by atoms with Crippen LogP contribution in [0.1, 0.15) is 18.4 Å². The van der Waals surface area contributed by atoms with E-state index in [1.54, 1.807) is 0 Å². The zero-order valence-electron chi connectivity index (χ0n) is 9.12. The zero-order valence-corrected chi connectivity index (χ0v) is 9.12. The second-order valence-corrected chi connectivity index (χ2v) is 4.02. The van der Waals surface area contributed by atoms with Gasteiger partial charge in [0.2, 0.25) is 11.8 Å². The number of aryl methyl sites for hydroxylation is 1. The molecule has 0 spiro atoms. The van der Waals surface area contributed by atoms with Crippen LogP contribution in [0.5, 0.6) is 0 Å². The Hall–Kier alpha value is -1.84. The second kappa shape index (κ2) is 4.35. The van der Waals surface area contributed by atoms with Gasteiger partial charge in [-0.2, -0.15) is 0 Å². The van der Waals surface area contributed by atoms with Crippen molar-refractivity contribution in [3.63, 3.8) is 0 Å². The maximum atomic E-state index is 11.7. The monoisotopic (exact) mass is 218 g/mol. The predicted molar refractivity (Wildman–Crippen MR) is 61.0 cm³/mol. The molecule has 16 heavy (non-hydrogen) atoms. The van der Waals surface area contributed by atoms with Crippen molar-refractivity contribution in [1.82, 2.24) is 5.32 Å². The molecular formula is C12H14N2O2. The molecular weight excluding hydrogens is 204 g/mol. The number of benzene rings is 1. The maximum absolute atomic E-state index is 11.7. The molecule has 1 saturated heterocycles. The molecule has 1 fully saturated rings. The molecule has 2 rings (SSSR count). The van der Waals surface area contributed by atoms with E-state index >= 15 is 0 Å². The van der Waals surface area contributed by atoms with Gasteiger partial charge in [-0.1, -0.05) is 12.1 Å². The summed E-state index contributed by atoms with van der Waals surface area (Å²) in [6.07, 6.45) is 1.02. The third-order valence-corrected chi connectivity index (χ3v) is 2.60. The topological polar surface area (TPSA) is 58.2 Å². The van der Waals surface area contributed by atoms with Crippen LogP contribution in [0.25, 0.3) is 0 Å². The van der Waals surface area contributed by atoms with Crippen molar-refractivity contribution in [3.05, 3.63) is 29.8 Å². The van der Waals surface area contributed by atoms with Gasteiger partial charge in [0.05, 0.1) is 0 Å². The lowest BCUT2D eigenvalue weighted by molar-refractivity contribution is -0.122. The molecule has 0 aliphatic carbocycles. The minimum atomic E-state index is -0.381. The van der Waals surface area contributed by atoms with E-state index in [9.17, 15) is 9.59 Å². The molecule has 4 heteroatoms. The Morgan fingerprint density at radius 2 is 2.31 bits per heavy atom. The van der Waals surface area contributed by atoms with Crippen LogP contribution < -0.4 is 10.6 Å². The van der Waals surface area contributed by atoms with E-state index in [-0.39, 0.29) is 17.9 Å². The number of nitrogens with one attached hydrogen (secondary N) is 2. The summed E-state index contributed by atoms with van der Waals surface area (Å²) in [5, 5.41) is 5.43. The fourth-order valence-electron chi connectivity index (χ4n) is 1.76. The van der Waals surface area contributed by atoms with Crippen molar-refractivity contribution in [1.29, 1.82) is 0 Å². The van der Waals surface area contributed by atoms with Gasteiger partial charge in [-0.3, -0.25) is 9.59 Å². The quantitative estimate of drug-likeness (QED) is 0.784. The van der Waals surface area contributed by atoms with Gasteiger partial charge in [0.15, 0.2) is 0 Å². The van der Waals surface area contributed by atoms with Crippen LogP contribution in [0.3, 0.4) is 0 Å². The minimum Gasteiger partial charge on any atom is -0.344 e. The largest absolute Gasteiger partial charge is 0.344 e. The van der Waals surface area contributed by atoms with Gasteiger partial charge in [0, 0.05) is 12.1 Å². The molecule has 2 N–H and O–H groups in total. The van der Waals surface area contributed by atoms with Crippen LogP contribution in [0, 0.1) is 6.92 Å². The minimum absolute atomic E-state index is 0.0515. The highest BCUT2D eigenvalue weighted by molar-refractivity contribution is 5.98. The number of amides is 2. The average molecular weight is 218 g/mol. The lowest BCUT2D eigenvalue weighted by atomic mass is 10.2. The third kappa shape index (κ3) is 2.39. The van der Waals surface area contributed by atoms with Gasteiger partial charge in [-0.05, 0) is 31.0 Å². The summed E-state index contributed by atoms with van der Waals surface area (Å²) in [5.74, 6) is -0.194. The molecule has 0 saturated carbocycles. The Bertz CT molecular complexity index is 429. The highest BCUT2D eigenvalue weighted by Gasteiger charge is 2.26. The predicted octanol–water partition coefficient (Wildman–Crippen LogP) is 1.21. The van der Waals surface area contributed by atoms with Crippen molar-refractivity contribution in [2.75, 3.05) is 5.32 Å². The first-order chi connectivity index (χ1) is 7.65. The molecule has 84 valence electrons. The molecule has 1 aliphatic rings. The Kier molecular flexibility index (Phi) is 2.90. The van der Waals surface area contributed by atoms with E-state index in [4.69, 9.17) is 0 Å². The van der Waals surface area contributed by atoms with Crippen LogP contribution >= 0.6 is 0 Å². The first-order valence-electron chi connectivity index (χ1n) is 5.32. The molecule has 0 bridgehead atoms. The molecule has 1 aromatic carbocycles. The standard InChI is InChI=1S/C12H14N2O2/c1-8-3-2-4-9(7-8)13-12(16)10-5-6-11(15)14-10/h2-4,7,10H,5-6H2,1H3,(H,13,16)(H,14,15)/t10-/m0/s1. The van der Waals surface area contributed by atoms with Gasteiger partial charge >= 0.3 is 0 Å². The Balaban J connectivity index is 1.99. The first kappa shape index (κ1) is 10.7. The van der Waals surface area contributed by atoms with Crippen LogP contribution in [-0.2, 0) is 9.59 Å². The summed E-state index contributed by atoms with van der Waals surface area (Å²) >= 11 is 0. The number of rotatable bonds is 2. The van der Waals surface area contributed by atoms with Crippen molar-refractivity contribution < 1.29 is 9.59 Å². The highest BCUT2D eigenvalue weighted by Crippen LogP contribution is 2.12. The molecule has 0 radical (unpaired) electrons. The van der Waals surface area contributed by atoms with Gasteiger partial charge in [-0.15, -0.1) is 0 Å². The first-order valence-corrected chi connectivity index (χ1v) is 5.32. The average Bonchev–Trinajstić information content (AvgIpc) is 2.65. The molecule has 4 nitrogen and oxygen atoms in total. The normalized spacial score (nSPS) is 19.3. The lowest BCUT2D eigenvalue weighted by Gasteiger charge is -2.11. The van der Waals surface area contributed by atoms with Crippen LogP contribution in [0.4, 0.5) is 5.69 Å². The van der Waals surface area contributed by atoms with Crippen LogP contribution in [-0.4, -0.2) is 17.9 Å². The summed E-state index contributed by atoms with van der Waals surface area (Å²) in [7, 11) is 0. The number of anilines is 1. The van der Waals surface area contributed by atoms with E-state index in [0.29, 0.717) is 12.8 Å². The molecule has 2 amide bonds. The van der Waals surface area contributed by atoms with E-state index in [2.05, 4.69) is 10.6 Å². The van der Waals surface area contributed by atoms with E-state index in [0.717, 1.165) is 11.3 Å². The summed E-state index contributed by atoms with van der Waals surface area (Å²) in [4.78, 5) is 22.7. The molecule has 1 heterocycles. The van der Waals surface area contributed by atoms with E-state index in [1.807, 2.05) is 31.2 Å². The van der Waals surface area contributed by atoms with Crippen molar-refractivity contribution >= 4 is 17.5 Å². The SMILES string of the molecule is Cc1cccc(NC(=O)[C@@H]2CCC(=O)N2)c1. The molecule has 1 atom stereocenters. The smallest absolute Gasteiger partial charge is 0.246 e. The number of carbonyl (C=O) groups excluding carboxylic acids is 2. The number of hydrogen-bond donors (Lipinski definition) is 2. The summed E-state index contributed by atoms with van der Waals surface area (Å²) in [6, 6.07) is 7.20. The van der Waals surface area contributed by atoms with E-state index in [1.165, 1.54) is 0 Å². The lowest BCUT2D eigenvalue weighted by Crippen LogP contribution is -2.37. The zero-order chi connectivity index (χ0) is 11.5. The Morgan fingerprint density at radius 3 is 2.94 bits per heavy atom. The molecule has 1 aromatic rings. The highest BCUT2D eigenvalue weighted by atomic mass is 16.2. The Morgan fingerprint density at radius 1 is 1.50 bits per heavy atom. The molecule has 1 aliphatic heterocycles. The van der Waals surface area contributed by atoms with Crippen molar-refractivity contribution in [2.24, 2.45) is 0 Å². The van der Waals surface area contributed by atoms with Crippen LogP contribution in [0.15, 0.2) is 24.3 Å². The number of carbonyl (C=O) groups is 2.